The van der Waals surface area contributed by atoms with Gasteiger partial charge in [-0.2, -0.15) is 0 Å². The zero-order chi connectivity index (χ0) is 26.7. The molecular weight excluding hydrogens is 505 g/mol. The molecule has 3 aromatic rings. The molecule has 7 nitrogen and oxygen atoms in total. The van der Waals surface area contributed by atoms with Crippen molar-refractivity contribution in [2.24, 2.45) is 0 Å². The zero-order valence-corrected chi connectivity index (χ0v) is 22.5. The number of carbonyl (C=O) groups is 2. The summed E-state index contributed by atoms with van der Waals surface area (Å²) < 4.78 is 24.1. The van der Waals surface area contributed by atoms with Crippen molar-refractivity contribution >= 4 is 23.2 Å². The van der Waals surface area contributed by atoms with E-state index in [1.807, 2.05) is 41.8 Å². The van der Waals surface area contributed by atoms with Crippen LogP contribution in [-0.2, 0) is 33.8 Å². The lowest BCUT2D eigenvalue weighted by Crippen LogP contribution is -2.47. The lowest BCUT2D eigenvalue weighted by molar-refractivity contribution is -0.141. The van der Waals surface area contributed by atoms with Gasteiger partial charge in [0.25, 0.3) is 0 Å². The van der Waals surface area contributed by atoms with Gasteiger partial charge in [-0.1, -0.05) is 30.3 Å². The monoisotopic (exact) mass is 539 g/mol. The Kier molecular flexibility index (Phi) is 10.3. The zero-order valence-electron chi connectivity index (χ0n) is 21.7. The lowest BCUT2D eigenvalue weighted by Gasteiger charge is -2.31. The molecular formula is C29H34FN3O4S. The van der Waals surface area contributed by atoms with Gasteiger partial charge in [-0.05, 0) is 46.8 Å². The van der Waals surface area contributed by atoms with Gasteiger partial charge >= 0.3 is 0 Å². The van der Waals surface area contributed by atoms with Crippen LogP contribution in [0.3, 0.4) is 0 Å². The van der Waals surface area contributed by atoms with Gasteiger partial charge in [-0.15, -0.1) is 11.3 Å². The lowest BCUT2D eigenvalue weighted by atomic mass is 10.1. The molecule has 9 heteroatoms. The largest absolute Gasteiger partial charge is 0.497 e. The molecule has 2 aromatic carbocycles. The van der Waals surface area contributed by atoms with Gasteiger partial charge in [0.1, 0.15) is 11.6 Å². The predicted octanol–water partition coefficient (Wildman–Crippen LogP) is 3.83. The maximum atomic E-state index is 13.7. The normalized spacial score (nSPS) is 13.7. The molecule has 0 radical (unpaired) electrons. The van der Waals surface area contributed by atoms with E-state index in [2.05, 4.69) is 4.90 Å². The number of amides is 2. The standard InChI is InChI=1S/C29H34FN3O4S/c1-36-26-10-6-23(7-11-26)19-28(34)32(13-12-31-14-16-37-17-15-31)22-29(35)33(21-27-3-2-18-38-27)20-24-4-8-25(30)9-5-24/h2-11,18H,12-17,19-22H2,1H3. The fourth-order valence-corrected chi connectivity index (χ4v) is 5.02. The maximum Gasteiger partial charge on any atom is 0.242 e. The van der Waals surface area contributed by atoms with Gasteiger partial charge in [-0.3, -0.25) is 14.5 Å². The minimum Gasteiger partial charge on any atom is -0.497 e. The van der Waals surface area contributed by atoms with Gasteiger partial charge in [-0.25, -0.2) is 4.39 Å². The van der Waals surface area contributed by atoms with Crippen LogP contribution in [0.1, 0.15) is 16.0 Å². The van der Waals surface area contributed by atoms with Gasteiger partial charge in [0.2, 0.25) is 11.8 Å². The molecule has 2 amide bonds. The van der Waals surface area contributed by atoms with Crippen LogP contribution >= 0.6 is 11.3 Å². The molecule has 0 atom stereocenters. The summed E-state index contributed by atoms with van der Waals surface area (Å²) in [5.41, 5.74) is 1.70. The highest BCUT2D eigenvalue weighted by atomic mass is 32.1. The van der Waals surface area contributed by atoms with Crippen LogP contribution in [0.15, 0.2) is 66.0 Å². The number of benzene rings is 2. The van der Waals surface area contributed by atoms with E-state index in [0.29, 0.717) is 39.4 Å². The highest BCUT2D eigenvalue weighted by molar-refractivity contribution is 7.09. The van der Waals surface area contributed by atoms with E-state index in [1.165, 1.54) is 12.1 Å². The predicted molar refractivity (Wildman–Crippen MR) is 146 cm³/mol. The first kappa shape index (κ1) is 27.8. The Morgan fingerprint density at radius 3 is 2.32 bits per heavy atom. The third kappa shape index (κ3) is 8.37. The average Bonchev–Trinajstić information content (AvgIpc) is 3.46. The van der Waals surface area contributed by atoms with E-state index >= 15 is 0 Å². The van der Waals surface area contributed by atoms with Gasteiger partial charge in [0.15, 0.2) is 0 Å². The van der Waals surface area contributed by atoms with E-state index in [-0.39, 0.29) is 30.6 Å². The number of morpholine rings is 1. The Labute approximate surface area is 227 Å². The quantitative estimate of drug-likeness (QED) is 0.350. The van der Waals surface area contributed by atoms with Crippen molar-refractivity contribution in [3.63, 3.8) is 0 Å². The highest BCUT2D eigenvalue weighted by Crippen LogP contribution is 2.17. The van der Waals surface area contributed by atoms with Crippen molar-refractivity contribution in [3.05, 3.63) is 87.9 Å². The Bertz CT molecular complexity index is 1150. The van der Waals surface area contributed by atoms with Crippen molar-refractivity contribution < 1.29 is 23.5 Å². The van der Waals surface area contributed by atoms with Crippen molar-refractivity contribution in [1.29, 1.82) is 0 Å². The number of carbonyl (C=O) groups excluding carboxylic acids is 2. The molecule has 1 fully saturated rings. The van der Waals surface area contributed by atoms with Crippen LogP contribution in [0.4, 0.5) is 4.39 Å². The summed E-state index contributed by atoms with van der Waals surface area (Å²) in [6, 6.07) is 17.5. The molecule has 1 aliphatic rings. The van der Waals surface area contributed by atoms with Crippen LogP contribution in [0.5, 0.6) is 5.75 Å². The number of nitrogens with zero attached hydrogens (tertiary/aromatic N) is 3. The van der Waals surface area contributed by atoms with E-state index in [9.17, 15) is 14.0 Å². The smallest absolute Gasteiger partial charge is 0.242 e. The fraction of sp³-hybridized carbons (Fsp3) is 0.379. The van der Waals surface area contributed by atoms with Crippen LogP contribution in [-0.4, -0.2) is 79.6 Å². The molecule has 2 heterocycles. The Balaban J connectivity index is 1.48. The minimum atomic E-state index is -0.316. The number of halogens is 1. The van der Waals surface area contributed by atoms with E-state index in [1.54, 1.807) is 40.4 Å². The molecule has 0 spiro atoms. The Hall–Kier alpha value is -3.27. The van der Waals surface area contributed by atoms with E-state index in [0.717, 1.165) is 34.8 Å². The first-order valence-electron chi connectivity index (χ1n) is 12.8. The van der Waals surface area contributed by atoms with Crippen LogP contribution < -0.4 is 4.74 Å². The molecule has 0 bridgehead atoms. The molecule has 1 aromatic heterocycles. The highest BCUT2D eigenvalue weighted by Gasteiger charge is 2.23. The third-order valence-electron chi connectivity index (χ3n) is 6.55. The number of ether oxygens (including phenoxy) is 2. The second-order valence-corrected chi connectivity index (χ2v) is 10.3. The number of hydrogen-bond donors (Lipinski definition) is 0. The van der Waals surface area contributed by atoms with Gasteiger partial charge < -0.3 is 19.3 Å². The van der Waals surface area contributed by atoms with Gasteiger partial charge in [0, 0.05) is 37.6 Å². The first-order chi connectivity index (χ1) is 18.5. The summed E-state index contributed by atoms with van der Waals surface area (Å²) in [7, 11) is 1.60. The number of hydrogen-bond acceptors (Lipinski definition) is 6. The van der Waals surface area contributed by atoms with Crippen molar-refractivity contribution in [3.8, 4) is 5.75 Å². The fourth-order valence-electron chi connectivity index (χ4n) is 4.31. The molecule has 4 rings (SSSR count). The third-order valence-corrected chi connectivity index (χ3v) is 7.41. The van der Waals surface area contributed by atoms with Crippen molar-refractivity contribution in [2.75, 3.05) is 53.0 Å². The SMILES string of the molecule is COc1ccc(CC(=O)N(CCN2CCOCC2)CC(=O)N(Cc2ccc(F)cc2)Cc2cccs2)cc1. The van der Waals surface area contributed by atoms with Crippen LogP contribution in [0.2, 0.25) is 0 Å². The molecule has 1 aliphatic heterocycles. The number of rotatable bonds is 12. The second kappa shape index (κ2) is 14.0. The van der Waals surface area contributed by atoms with Crippen molar-refractivity contribution in [2.45, 2.75) is 19.5 Å². The summed E-state index contributed by atoms with van der Waals surface area (Å²) in [4.78, 5) is 33.8. The number of methoxy groups -OCH3 is 1. The molecule has 38 heavy (non-hydrogen) atoms. The first-order valence-corrected chi connectivity index (χ1v) is 13.6. The second-order valence-electron chi connectivity index (χ2n) is 9.25. The molecule has 0 saturated carbocycles. The Morgan fingerprint density at radius 1 is 0.947 bits per heavy atom. The van der Waals surface area contributed by atoms with E-state index in [4.69, 9.17) is 9.47 Å². The molecule has 0 N–H and O–H groups in total. The molecule has 202 valence electrons. The molecule has 0 unspecified atom stereocenters. The van der Waals surface area contributed by atoms with Crippen LogP contribution in [0, 0.1) is 5.82 Å². The summed E-state index contributed by atoms with van der Waals surface area (Å²) in [6.07, 6.45) is 0.198. The summed E-state index contributed by atoms with van der Waals surface area (Å²) in [5.74, 6) is 0.163. The van der Waals surface area contributed by atoms with Gasteiger partial charge in [0.05, 0.1) is 39.8 Å². The summed E-state index contributed by atoms with van der Waals surface area (Å²) >= 11 is 1.58. The Morgan fingerprint density at radius 2 is 1.66 bits per heavy atom. The van der Waals surface area contributed by atoms with Crippen LogP contribution in [0.25, 0.3) is 0 Å². The summed E-state index contributed by atoms with van der Waals surface area (Å²) in [6.45, 7) is 4.83. The molecule has 1 saturated heterocycles. The number of thiophene rings is 1. The topological polar surface area (TPSA) is 62.3 Å². The maximum absolute atomic E-state index is 13.7. The van der Waals surface area contributed by atoms with Crippen molar-refractivity contribution in [1.82, 2.24) is 14.7 Å². The molecule has 0 aliphatic carbocycles. The minimum absolute atomic E-state index is 0.0219. The average molecular weight is 540 g/mol. The summed E-state index contributed by atoms with van der Waals surface area (Å²) in [5, 5.41) is 1.98. The van der Waals surface area contributed by atoms with E-state index < -0.39 is 0 Å².